The van der Waals surface area contributed by atoms with E-state index < -0.39 is 0 Å². The Morgan fingerprint density at radius 3 is 3.00 bits per heavy atom. The van der Waals surface area contributed by atoms with Crippen LogP contribution in [-0.2, 0) is 32.7 Å². The molecule has 2 nitrogen and oxygen atoms in total. The van der Waals surface area contributed by atoms with E-state index >= 15 is 0 Å². The Labute approximate surface area is 105 Å². The molecule has 2 rings (SSSR count). The fourth-order valence-corrected chi connectivity index (χ4v) is 1.20. The molecule has 0 unspecified atom stereocenters. The first-order valence-corrected chi connectivity index (χ1v) is 3.74. The van der Waals surface area contributed by atoms with E-state index in [1.54, 1.807) is 18.2 Å². The maximum atomic E-state index is 11.2. The van der Waals surface area contributed by atoms with Crippen molar-refractivity contribution in [2.24, 2.45) is 0 Å². The van der Waals surface area contributed by atoms with Gasteiger partial charge >= 0.3 is 0 Å². The predicted octanol–water partition coefficient (Wildman–Crippen LogP) is 2.24. The average molecular weight is 268 g/mol. The minimum absolute atomic E-state index is 0. The summed E-state index contributed by atoms with van der Waals surface area (Å²) >= 11 is 5.55. The summed E-state index contributed by atoms with van der Waals surface area (Å²) in [6.07, 6.45) is 0. The second kappa shape index (κ2) is 4.36. The SMILES string of the molecule is O=c1cc(Cl)oc2cc[c-]cc12.[Y]. The van der Waals surface area contributed by atoms with Gasteiger partial charge in [-0.05, 0) is 17.0 Å². The van der Waals surface area contributed by atoms with Crippen molar-refractivity contribution in [3.05, 3.63) is 45.8 Å². The first kappa shape index (κ1) is 10.9. The van der Waals surface area contributed by atoms with Gasteiger partial charge in [-0.15, -0.1) is 6.07 Å². The van der Waals surface area contributed by atoms with Crippen molar-refractivity contribution < 1.29 is 37.1 Å². The maximum Gasteiger partial charge on any atom is 0.193 e. The van der Waals surface area contributed by atoms with Gasteiger partial charge in [0.1, 0.15) is 5.43 Å². The molecule has 0 spiro atoms. The van der Waals surface area contributed by atoms with Gasteiger partial charge in [-0.2, -0.15) is 18.2 Å². The van der Waals surface area contributed by atoms with E-state index in [0.29, 0.717) is 11.0 Å². The van der Waals surface area contributed by atoms with Crippen LogP contribution in [0.25, 0.3) is 11.0 Å². The van der Waals surface area contributed by atoms with Crippen LogP contribution in [0.4, 0.5) is 0 Å². The average Bonchev–Trinajstić information content (AvgIpc) is 2.04. The van der Waals surface area contributed by atoms with Gasteiger partial charge in [0.2, 0.25) is 0 Å². The molecule has 1 heterocycles. The molecule has 63 valence electrons. The zero-order valence-corrected chi connectivity index (χ0v) is 10.2. The summed E-state index contributed by atoms with van der Waals surface area (Å²) in [5, 5.41) is 0.612. The van der Waals surface area contributed by atoms with E-state index in [1.807, 2.05) is 0 Å². The van der Waals surface area contributed by atoms with Crippen LogP contribution in [0.15, 0.2) is 33.5 Å². The first-order chi connectivity index (χ1) is 5.77. The molecule has 0 saturated carbocycles. The fraction of sp³-hybridized carbons (Fsp3) is 0. The van der Waals surface area contributed by atoms with E-state index in [-0.39, 0.29) is 43.4 Å². The molecule has 0 amide bonds. The first-order valence-electron chi connectivity index (χ1n) is 3.37. The monoisotopic (exact) mass is 268 g/mol. The Bertz CT molecular complexity index is 478. The van der Waals surface area contributed by atoms with Gasteiger partial charge < -0.3 is 9.21 Å². The Morgan fingerprint density at radius 1 is 1.46 bits per heavy atom. The Balaban J connectivity index is 0.000000845. The second-order valence-electron chi connectivity index (χ2n) is 2.34. The second-order valence-corrected chi connectivity index (χ2v) is 2.71. The van der Waals surface area contributed by atoms with Gasteiger partial charge in [0, 0.05) is 44.4 Å². The van der Waals surface area contributed by atoms with Crippen molar-refractivity contribution in [3.63, 3.8) is 0 Å². The molecule has 1 aromatic heterocycles. The van der Waals surface area contributed by atoms with Crippen molar-refractivity contribution in [3.8, 4) is 0 Å². The molecule has 1 aromatic carbocycles. The topological polar surface area (TPSA) is 30.2 Å². The number of hydrogen-bond acceptors (Lipinski definition) is 2. The summed E-state index contributed by atoms with van der Waals surface area (Å²) in [5.74, 6) is 0. The summed E-state index contributed by atoms with van der Waals surface area (Å²) < 4.78 is 5.09. The van der Waals surface area contributed by atoms with E-state index in [2.05, 4.69) is 6.07 Å². The van der Waals surface area contributed by atoms with Gasteiger partial charge in [-0.25, -0.2) is 0 Å². The third-order valence-corrected chi connectivity index (χ3v) is 1.73. The van der Waals surface area contributed by atoms with Crippen LogP contribution < -0.4 is 5.43 Å². The molecule has 0 aliphatic heterocycles. The predicted molar refractivity (Wildman–Crippen MR) is 46.3 cm³/mol. The molecule has 0 atom stereocenters. The normalized spacial score (nSPS) is 9.62. The molecule has 1 radical (unpaired) electrons. The van der Waals surface area contributed by atoms with Crippen LogP contribution in [0.5, 0.6) is 0 Å². The van der Waals surface area contributed by atoms with Gasteiger partial charge in [0.15, 0.2) is 5.22 Å². The standard InChI is InChI=1S/C9H4ClO2.Y/c10-9-5-7(11)6-3-1-2-4-8(6)12-9;/h2-5H;/q-1;. The van der Waals surface area contributed by atoms with Gasteiger partial charge in [-0.1, -0.05) is 0 Å². The van der Waals surface area contributed by atoms with Gasteiger partial charge in [0.25, 0.3) is 0 Å². The fourth-order valence-electron chi connectivity index (χ4n) is 1.01. The van der Waals surface area contributed by atoms with E-state index in [9.17, 15) is 4.79 Å². The smallest absolute Gasteiger partial charge is 0.193 e. The zero-order valence-electron chi connectivity index (χ0n) is 6.58. The zero-order chi connectivity index (χ0) is 8.55. The van der Waals surface area contributed by atoms with Crippen molar-refractivity contribution in [2.75, 3.05) is 0 Å². The van der Waals surface area contributed by atoms with E-state index in [0.717, 1.165) is 0 Å². The van der Waals surface area contributed by atoms with Crippen LogP contribution in [0.1, 0.15) is 0 Å². The van der Waals surface area contributed by atoms with Crippen molar-refractivity contribution in [1.82, 2.24) is 0 Å². The number of halogens is 1. The quantitative estimate of drug-likeness (QED) is 0.686. The number of fused-ring (bicyclic) bond motifs is 1. The molecule has 13 heavy (non-hydrogen) atoms. The molecule has 0 aliphatic rings. The van der Waals surface area contributed by atoms with Crippen molar-refractivity contribution >= 4 is 22.6 Å². The van der Waals surface area contributed by atoms with Crippen LogP contribution in [-0.4, -0.2) is 0 Å². The maximum absolute atomic E-state index is 11.2. The van der Waals surface area contributed by atoms with Crippen LogP contribution in [0.3, 0.4) is 0 Å². The van der Waals surface area contributed by atoms with Gasteiger partial charge in [0.05, 0.1) is 0 Å². The summed E-state index contributed by atoms with van der Waals surface area (Å²) in [5.41, 5.74) is 0.351. The number of benzene rings is 1. The van der Waals surface area contributed by atoms with Gasteiger partial charge in [-0.3, -0.25) is 0 Å². The molecule has 4 heteroatoms. The molecule has 2 aromatic rings. The summed E-state index contributed by atoms with van der Waals surface area (Å²) in [6.45, 7) is 0. The van der Waals surface area contributed by atoms with E-state index in [4.69, 9.17) is 16.0 Å². The van der Waals surface area contributed by atoms with Crippen LogP contribution in [0.2, 0.25) is 5.22 Å². The van der Waals surface area contributed by atoms with Crippen molar-refractivity contribution in [2.45, 2.75) is 0 Å². The summed E-state index contributed by atoms with van der Waals surface area (Å²) in [4.78, 5) is 11.2. The minimum atomic E-state index is -0.141. The molecule has 0 bridgehead atoms. The Hall–Kier alpha value is -0.176. The largest absolute Gasteiger partial charge is 0.470 e. The molecular weight excluding hydrogens is 264 g/mol. The Morgan fingerprint density at radius 2 is 2.23 bits per heavy atom. The van der Waals surface area contributed by atoms with Crippen LogP contribution >= 0.6 is 11.6 Å². The minimum Gasteiger partial charge on any atom is -0.470 e. The molecule has 0 aliphatic carbocycles. The summed E-state index contributed by atoms with van der Waals surface area (Å²) in [7, 11) is 0. The number of rotatable bonds is 0. The molecular formula is C9H4ClO2Y-. The summed E-state index contributed by atoms with van der Waals surface area (Å²) in [6, 6.07) is 8.94. The number of hydrogen-bond donors (Lipinski definition) is 0. The molecule has 0 N–H and O–H groups in total. The van der Waals surface area contributed by atoms with Crippen molar-refractivity contribution in [1.29, 1.82) is 0 Å². The van der Waals surface area contributed by atoms with E-state index in [1.165, 1.54) is 6.07 Å². The Kier molecular flexibility index (Phi) is 3.66. The molecule has 0 fully saturated rings. The molecule has 0 saturated heterocycles. The third kappa shape index (κ3) is 2.19. The van der Waals surface area contributed by atoms with Crippen LogP contribution in [0, 0.1) is 6.07 Å². The third-order valence-electron chi connectivity index (χ3n) is 1.54.